The summed E-state index contributed by atoms with van der Waals surface area (Å²) >= 11 is 0. The van der Waals surface area contributed by atoms with Crippen molar-refractivity contribution in [2.24, 2.45) is 10.4 Å². The van der Waals surface area contributed by atoms with Gasteiger partial charge in [-0.15, -0.1) is 24.0 Å². The topological polar surface area (TPSA) is 85.8 Å². The molecule has 0 aromatic carbocycles. The highest BCUT2D eigenvalue weighted by Crippen LogP contribution is 2.13. The number of likely N-dealkylation sites (N-methyl/N-ethyl adjacent to an activating group) is 1. The van der Waals surface area contributed by atoms with Crippen molar-refractivity contribution >= 4 is 41.8 Å². The summed E-state index contributed by atoms with van der Waals surface area (Å²) in [7, 11) is 3.40. The monoisotopic (exact) mass is 455 g/mol. The average Bonchev–Trinajstić information content (AvgIpc) is 2.49. The van der Waals surface area contributed by atoms with E-state index in [9.17, 15) is 9.59 Å². The van der Waals surface area contributed by atoms with Crippen molar-refractivity contribution in [3.63, 3.8) is 0 Å². The summed E-state index contributed by atoms with van der Waals surface area (Å²) in [6.07, 6.45) is 0.933. The molecule has 0 aliphatic heterocycles. The minimum absolute atomic E-state index is 0. The summed E-state index contributed by atoms with van der Waals surface area (Å²) in [6.45, 7) is 10.8. The Bertz CT molecular complexity index is 425. The number of rotatable bonds is 8. The van der Waals surface area contributed by atoms with Crippen LogP contribution in [0.25, 0.3) is 0 Å². The van der Waals surface area contributed by atoms with Gasteiger partial charge in [0.1, 0.15) is 6.54 Å². The fourth-order valence-electron chi connectivity index (χ4n) is 1.56. The molecule has 0 rings (SSSR count). The number of carbonyl (C=O) groups is 2. The number of nitrogens with zero attached hydrogens (tertiary/aromatic N) is 2. The summed E-state index contributed by atoms with van der Waals surface area (Å²) in [5.41, 5.74) is -0.570. The molecule has 0 aromatic rings. The highest BCUT2D eigenvalue weighted by molar-refractivity contribution is 14.0. The molecule has 0 bridgehead atoms. The zero-order valence-corrected chi connectivity index (χ0v) is 18.4. The van der Waals surface area contributed by atoms with E-state index in [0.717, 1.165) is 6.42 Å². The van der Waals surface area contributed by atoms with Gasteiger partial charge in [-0.2, -0.15) is 0 Å². The molecule has 1 atom stereocenters. The minimum atomic E-state index is -0.570. The fraction of sp³-hybridized carbons (Fsp3) is 0.812. The predicted octanol–water partition coefficient (Wildman–Crippen LogP) is 1.19. The molecule has 3 N–H and O–H groups in total. The van der Waals surface area contributed by atoms with Crippen LogP contribution in [0.2, 0.25) is 0 Å². The van der Waals surface area contributed by atoms with Crippen LogP contribution in [0.1, 0.15) is 41.0 Å². The summed E-state index contributed by atoms with van der Waals surface area (Å²) < 4.78 is 0. The largest absolute Gasteiger partial charge is 0.356 e. The normalized spacial score (nSPS) is 12.7. The van der Waals surface area contributed by atoms with Gasteiger partial charge in [0, 0.05) is 33.2 Å². The van der Waals surface area contributed by atoms with Gasteiger partial charge in [0.15, 0.2) is 5.96 Å². The van der Waals surface area contributed by atoms with Crippen LogP contribution in [-0.2, 0) is 9.59 Å². The number of halogens is 1. The third-order valence-corrected chi connectivity index (χ3v) is 3.52. The molecule has 24 heavy (non-hydrogen) atoms. The zero-order chi connectivity index (χ0) is 18.0. The van der Waals surface area contributed by atoms with Gasteiger partial charge in [0.2, 0.25) is 11.8 Å². The first-order chi connectivity index (χ1) is 10.6. The van der Waals surface area contributed by atoms with Crippen LogP contribution in [0.3, 0.4) is 0 Å². The van der Waals surface area contributed by atoms with Gasteiger partial charge < -0.3 is 20.9 Å². The van der Waals surface area contributed by atoms with Gasteiger partial charge in [0.25, 0.3) is 0 Å². The van der Waals surface area contributed by atoms with E-state index in [-0.39, 0.29) is 48.4 Å². The van der Waals surface area contributed by atoms with Crippen molar-refractivity contribution in [1.29, 1.82) is 0 Å². The van der Waals surface area contributed by atoms with E-state index in [1.165, 1.54) is 4.90 Å². The number of guanidine groups is 1. The number of amides is 2. The van der Waals surface area contributed by atoms with Crippen LogP contribution < -0.4 is 16.0 Å². The second kappa shape index (κ2) is 12.3. The fourth-order valence-corrected chi connectivity index (χ4v) is 1.56. The Kier molecular flexibility index (Phi) is 12.9. The number of hydrogen-bond donors (Lipinski definition) is 3. The summed E-state index contributed by atoms with van der Waals surface area (Å²) in [5.74, 6) is 0.463. The third-order valence-electron chi connectivity index (χ3n) is 3.52. The van der Waals surface area contributed by atoms with E-state index in [0.29, 0.717) is 19.0 Å². The molecule has 7 nitrogen and oxygen atoms in total. The third kappa shape index (κ3) is 9.94. The lowest BCUT2D eigenvalue weighted by Gasteiger charge is -2.26. The molecule has 0 saturated heterocycles. The number of carbonyl (C=O) groups excluding carboxylic acids is 2. The molecule has 8 heteroatoms. The van der Waals surface area contributed by atoms with Gasteiger partial charge in [-0.05, 0) is 34.1 Å². The van der Waals surface area contributed by atoms with Crippen molar-refractivity contribution < 1.29 is 9.59 Å². The van der Waals surface area contributed by atoms with Crippen molar-refractivity contribution in [3.8, 4) is 0 Å². The second-order valence-corrected chi connectivity index (χ2v) is 6.50. The van der Waals surface area contributed by atoms with E-state index in [1.807, 2.05) is 27.7 Å². The molecular weight excluding hydrogens is 421 g/mol. The highest BCUT2D eigenvalue weighted by atomic mass is 127. The molecule has 0 radical (unpaired) electrons. The lowest BCUT2D eigenvalue weighted by Crippen LogP contribution is -2.49. The molecule has 0 heterocycles. The molecule has 0 aromatic heterocycles. The smallest absolute Gasteiger partial charge is 0.243 e. The number of nitrogens with one attached hydrogen (secondary N) is 3. The molecule has 0 aliphatic carbocycles. The van der Waals surface area contributed by atoms with Crippen LogP contribution in [0.5, 0.6) is 0 Å². The lowest BCUT2D eigenvalue weighted by molar-refractivity contribution is -0.129. The Morgan fingerprint density at radius 2 is 1.75 bits per heavy atom. The molecule has 0 aliphatic rings. The Morgan fingerprint density at radius 1 is 1.17 bits per heavy atom. The zero-order valence-electron chi connectivity index (χ0n) is 16.0. The van der Waals surface area contributed by atoms with Gasteiger partial charge in [-0.25, -0.2) is 4.99 Å². The standard InChI is InChI=1S/C16H33N5O2.HI/c1-8-12(3)20-15(18-10-13(22)21(6)7)19-11-16(4,5)14(23)17-9-2;/h12H,8-11H2,1-7H3,(H,17,23)(H2,18,19,20);1H. The second-order valence-electron chi connectivity index (χ2n) is 6.50. The Balaban J connectivity index is 0. The maximum atomic E-state index is 12.0. The highest BCUT2D eigenvalue weighted by Gasteiger charge is 2.27. The molecular formula is C16H34IN5O2. The van der Waals surface area contributed by atoms with Gasteiger partial charge in [0.05, 0.1) is 5.41 Å². The summed E-state index contributed by atoms with van der Waals surface area (Å²) in [4.78, 5) is 29.6. The van der Waals surface area contributed by atoms with E-state index in [1.54, 1.807) is 14.1 Å². The quantitative estimate of drug-likeness (QED) is 0.292. The molecule has 0 spiro atoms. The molecule has 142 valence electrons. The van der Waals surface area contributed by atoms with E-state index < -0.39 is 5.41 Å². The van der Waals surface area contributed by atoms with Crippen LogP contribution in [0.4, 0.5) is 0 Å². The van der Waals surface area contributed by atoms with Crippen molar-refractivity contribution in [2.45, 2.75) is 47.1 Å². The van der Waals surface area contributed by atoms with Gasteiger partial charge in [-0.3, -0.25) is 9.59 Å². The van der Waals surface area contributed by atoms with Crippen molar-refractivity contribution in [2.75, 3.05) is 33.7 Å². The Labute approximate surface area is 163 Å². The SMILES string of the molecule is CCNC(=O)C(C)(C)CNC(=NCC(=O)N(C)C)NC(C)CC.I. The number of aliphatic imine (C=N–C) groups is 1. The van der Waals surface area contributed by atoms with Crippen LogP contribution in [0, 0.1) is 5.41 Å². The van der Waals surface area contributed by atoms with Crippen molar-refractivity contribution in [3.05, 3.63) is 0 Å². The van der Waals surface area contributed by atoms with Crippen LogP contribution >= 0.6 is 24.0 Å². The molecule has 2 amide bonds. The predicted molar refractivity (Wildman–Crippen MR) is 110 cm³/mol. The van der Waals surface area contributed by atoms with E-state index in [4.69, 9.17) is 0 Å². The maximum absolute atomic E-state index is 12.0. The molecule has 1 unspecified atom stereocenters. The molecule has 0 fully saturated rings. The van der Waals surface area contributed by atoms with E-state index in [2.05, 4.69) is 27.9 Å². The minimum Gasteiger partial charge on any atom is -0.356 e. The van der Waals surface area contributed by atoms with Crippen molar-refractivity contribution in [1.82, 2.24) is 20.9 Å². The first kappa shape index (κ1) is 25.2. The summed E-state index contributed by atoms with van der Waals surface area (Å²) in [5, 5.41) is 9.23. The average molecular weight is 455 g/mol. The van der Waals surface area contributed by atoms with Crippen LogP contribution in [0.15, 0.2) is 4.99 Å². The summed E-state index contributed by atoms with van der Waals surface area (Å²) in [6, 6.07) is 0.225. The number of hydrogen-bond acceptors (Lipinski definition) is 3. The lowest BCUT2D eigenvalue weighted by atomic mass is 9.92. The van der Waals surface area contributed by atoms with Crippen LogP contribution in [-0.4, -0.2) is 62.4 Å². The first-order valence-corrected chi connectivity index (χ1v) is 8.17. The van der Waals surface area contributed by atoms with Gasteiger partial charge in [-0.1, -0.05) is 6.92 Å². The first-order valence-electron chi connectivity index (χ1n) is 8.17. The Hall–Kier alpha value is -1.06. The Morgan fingerprint density at radius 3 is 2.21 bits per heavy atom. The van der Waals surface area contributed by atoms with E-state index >= 15 is 0 Å². The van der Waals surface area contributed by atoms with Gasteiger partial charge >= 0.3 is 0 Å². The molecule has 0 saturated carbocycles. The maximum Gasteiger partial charge on any atom is 0.243 e.